The highest BCUT2D eigenvalue weighted by atomic mass is 79.9. The standard InChI is InChI=1S/C27H22BrN5O5S2/c1-36-18-10-8-17(9-11-18)33-25(35)19-12-21(37-2)22(38-3)13-20(19)29-27(33)39-14-23-31-32-26(40-23)30-24(34)15-4-6-16(28)7-5-15/h4-13H,14H2,1-3H3,(H,30,32,34). The highest BCUT2D eigenvalue weighted by Crippen LogP contribution is 2.33. The number of benzene rings is 3. The summed E-state index contributed by atoms with van der Waals surface area (Å²) in [5.74, 6) is 1.65. The van der Waals surface area contributed by atoms with Gasteiger partial charge in [-0.25, -0.2) is 4.98 Å². The van der Waals surface area contributed by atoms with E-state index in [1.54, 1.807) is 67.8 Å². The summed E-state index contributed by atoms with van der Waals surface area (Å²) in [7, 11) is 4.62. The molecule has 0 aliphatic carbocycles. The molecule has 0 saturated heterocycles. The van der Waals surface area contributed by atoms with Gasteiger partial charge in [-0.05, 0) is 54.6 Å². The minimum Gasteiger partial charge on any atom is -0.497 e. The zero-order valence-electron chi connectivity index (χ0n) is 21.5. The Morgan fingerprint density at radius 2 is 1.68 bits per heavy atom. The van der Waals surface area contributed by atoms with Gasteiger partial charge in [-0.15, -0.1) is 10.2 Å². The van der Waals surface area contributed by atoms with E-state index in [0.717, 1.165) is 4.47 Å². The molecule has 1 amide bonds. The molecule has 1 N–H and O–H groups in total. The number of ether oxygens (including phenoxy) is 3. The molecule has 2 aromatic heterocycles. The fourth-order valence-electron chi connectivity index (χ4n) is 3.81. The van der Waals surface area contributed by atoms with E-state index in [0.29, 0.717) is 60.5 Å². The van der Waals surface area contributed by atoms with E-state index in [9.17, 15) is 9.59 Å². The maximum atomic E-state index is 13.8. The lowest BCUT2D eigenvalue weighted by molar-refractivity contribution is 0.102. The summed E-state index contributed by atoms with van der Waals surface area (Å²) in [6.07, 6.45) is 0. The van der Waals surface area contributed by atoms with E-state index in [4.69, 9.17) is 19.2 Å². The SMILES string of the molecule is COc1ccc(-n2c(SCc3nnc(NC(=O)c4ccc(Br)cc4)s3)nc3cc(OC)c(OC)cc3c2=O)cc1. The third-order valence-electron chi connectivity index (χ3n) is 5.79. The van der Waals surface area contributed by atoms with Crippen molar-refractivity contribution in [2.24, 2.45) is 0 Å². The van der Waals surface area contributed by atoms with Gasteiger partial charge >= 0.3 is 0 Å². The number of aromatic nitrogens is 4. The number of halogens is 1. The fraction of sp³-hybridized carbons (Fsp3) is 0.148. The third kappa shape index (κ3) is 5.81. The molecule has 5 aromatic rings. The van der Waals surface area contributed by atoms with Gasteiger partial charge in [-0.3, -0.25) is 19.5 Å². The Kier molecular flexibility index (Phi) is 8.33. The van der Waals surface area contributed by atoms with Crippen molar-refractivity contribution in [1.82, 2.24) is 19.7 Å². The number of fused-ring (bicyclic) bond motifs is 1. The minimum atomic E-state index is -0.281. The van der Waals surface area contributed by atoms with Crippen molar-refractivity contribution in [3.8, 4) is 22.9 Å². The molecule has 0 aliphatic heterocycles. The van der Waals surface area contributed by atoms with Gasteiger partial charge in [0, 0.05) is 16.1 Å². The van der Waals surface area contributed by atoms with Crippen LogP contribution in [0.5, 0.6) is 17.2 Å². The van der Waals surface area contributed by atoms with Crippen molar-refractivity contribution < 1.29 is 19.0 Å². The van der Waals surface area contributed by atoms with Gasteiger partial charge in [0.05, 0.1) is 43.7 Å². The van der Waals surface area contributed by atoms with Gasteiger partial charge in [-0.2, -0.15) is 0 Å². The second kappa shape index (κ2) is 12.1. The third-order valence-corrected chi connectivity index (χ3v) is 8.29. The zero-order valence-corrected chi connectivity index (χ0v) is 24.7. The number of carbonyl (C=O) groups excluding carboxylic acids is 1. The van der Waals surface area contributed by atoms with Gasteiger partial charge in [0.1, 0.15) is 10.8 Å². The number of nitrogens with one attached hydrogen (secondary N) is 1. The number of amides is 1. The Hall–Kier alpha value is -3.94. The molecule has 40 heavy (non-hydrogen) atoms. The van der Waals surface area contributed by atoms with Gasteiger partial charge in [0.15, 0.2) is 16.7 Å². The average molecular weight is 641 g/mol. The van der Waals surface area contributed by atoms with Crippen molar-refractivity contribution in [3.63, 3.8) is 0 Å². The summed E-state index contributed by atoms with van der Waals surface area (Å²) < 4.78 is 18.5. The van der Waals surface area contributed by atoms with Gasteiger partial charge in [0.25, 0.3) is 11.5 Å². The molecule has 0 bridgehead atoms. The Morgan fingerprint density at radius 3 is 2.35 bits per heavy atom. The van der Waals surface area contributed by atoms with E-state index in [2.05, 4.69) is 31.4 Å². The number of rotatable bonds is 9. The van der Waals surface area contributed by atoms with Crippen LogP contribution in [0.1, 0.15) is 15.4 Å². The minimum absolute atomic E-state index is 0.265. The number of nitrogens with zero attached hydrogens (tertiary/aromatic N) is 4. The van der Waals surface area contributed by atoms with Crippen LogP contribution < -0.4 is 25.1 Å². The molecular formula is C27H22BrN5O5S2. The van der Waals surface area contributed by atoms with Crippen LogP contribution in [0.4, 0.5) is 5.13 Å². The van der Waals surface area contributed by atoms with Gasteiger partial charge in [-0.1, -0.05) is 39.0 Å². The summed E-state index contributed by atoms with van der Waals surface area (Å²) >= 11 is 5.94. The molecule has 0 fully saturated rings. The maximum absolute atomic E-state index is 13.8. The van der Waals surface area contributed by atoms with Crippen LogP contribution in [-0.2, 0) is 5.75 Å². The van der Waals surface area contributed by atoms with E-state index in [1.807, 2.05) is 0 Å². The first-order valence-corrected chi connectivity index (χ1v) is 14.3. The first-order valence-electron chi connectivity index (χ1n) is 11.8. The van der Waals surface area contributed by atoms with Crippen LogP contribution in [0, 0.1) is 0 Å². The second-order valence-electron chi connectivity index (χ2n) is 8.21. The maximum Gasteiger partial charge on any atom is 0.266 e. The Bertz CT molecular complexity index is 1740. The highest BCUT2D eigenvalue weighted by Gasteiger charge is 2.18. The van der Waals surface area contributed by atoms with E-state index >= 15 is 0 Å². The first-order chi connectivity index (χ1) is 19.4. The van der Waals surface area contributed by atoms with Crippen LogP contribution in [0.2, 0.25) is 0 Å². The lowest BCUT2D eigenvalue weighted by Crippen LogP contribution is -2.22. The van der Waals surface area contributed by atoms with Crippen LogP contribution in [0.3, 0.4) is 0 Å². The van der Waals surface area contributed by atoms with Crippen molar-refractivity contribution in [1.29, 1.82) is 0 Å². The quantitative estimate of drug-likeness (QED) is 0.163. The van der Waals surface area contributed by atoms with Crippen LogP contribution in [-0.4, -0.2) is 47.0 Å². The van der Waals surface area contributed by atoms with E-state index in [-0.39, 0.29) is 11.5 Å². The molecule has 5 rings (SSSR count). The van der Waals surface area contributed by atoms with Gasteiger partial charge in [0.2, 0.25) is 5.13 Å². The molecule has 0 saturated carbocycles. The van der Waals surface area contributed by atoms with Crippen molar-refractivity contribution in [2.45, 2.75) is 10.9 Å². The molecule has 13 heteroatoms. The highest BCUT2D eigenvalue weighted by molar-refractivity contribution is 9.10. The molecule has 0 atom stereocenters. The first kappa shape index (κ1) is 27.6. The summed E-state index contributed by atoms with van der Waals surface area (Å²) in [5, 5.41) is 12.9. The Morgan fingerprint density at radius 1 is 0.975 bits per heavy atom. The summed E-state index contributed by atoms with van der Waals surface area (Å²) in [6.45, 7) is 0. The number of carbonyl (C=O) groups is 1. The zero-order chi connectivity index (χ0) is 28.2. The molecule has 3 aromatic carbocycles. The van der Waals surface area contributed by atoms with E-state index < -0.39 is 0 Å². The molecule has 0 radical (unpaired) electrons. The number of thioether (sulfide) groups is 1. The molecule has 204 valence electrons. The predicted molar refractivity (Wildman–Crippen MR) is 159 cm³/mol. The molecule has 2 heterocycles. The number of anilines is 1. The lowest BCUT2D eigenvalue weighted by Gasteiger charge is -2.15. The molecule has 0 aliphatic rings. The van der Waals surface area contributed by atoms with Crippen molar-refractivity contribution >= 4 is 61.0 Å². The number of methoxy groups -OCH3 is 3. The smallest absolute Gasteiger partial charge is 0.266 e. The summed E-state index contributed by atoms with van der Waals surface area (Å²) in [6, 6.07) is 17.5. The van der Waals surface area contributed by atoms with Crippen molar-refractivity contribution in [2.75, 3.05) is 26.6 Å². The topological polar surface area (TPSA) is 117 Å². The normalized spacial score (nSPS) is 10.9. The second-order valence-corrected chi connectivity index (χ2v) is 11.1. The monoisotopic (exact) mass is 639 g/mol. The molecule has 10 nitrogen and oxygen atoms in total. The van der Waals surface area contributed by atoms with Crippen LogP contribution >= 0.6 is 39.0 Å². The Balaban J connectivity index is 1.46. The predicted octanol–water partition coefficient (Wildman–Crippen LogP) is 5.57. The van der Waals surface area contributed by atoms with Crippen LogP contribution in [0.15, 0.2) is 75.1 Å². The number of hydrogen-bond donors (Lipinski definition) is 1. The molecular weight excluding hydrogens is 618 g/mol. The van der Waals surface area contributed by atoms with E-state index in [1.165, 1.54) is 41.9 Å². The average Bonchev–Trinajstić information content (AvgIpc) is 3.43. The largest absolute Gasteiger partial charge is 0.497 e. The fourth-order valence-corrected chi connectivity index (χ4v) is 5.81. The molecule has 0 spiro atoms. The number of hydrogen-bond acceptors (Lipinski definition) is 10. The summed E-state index contributed by atoms with van der Waals surface area (Å²) in [4.78, 5) is 31.1. The van der Waals surface area contributed by atoms with Crippen molar-refractivity contribution in [3.05, 3.63) is 86.1 Å². The lowest BCUT2D eigenvalue weighted by atomic mass is 10.2. The van der Waals surface area contributed by atoms with Crippen LogP contribution in [0.25, 0.3) is 16.6 Å². The Labute approximate surface area is 245 Å². The summed E-state index contributed by atoms with van der Waals surface area (Å²) in [5.41, 5.74) is 1.33. The van der Waals surface area contributed by atoms with Gasteiger partial charge < -0.3 is 14.2 Å². The molecule has 0 unspecified atom stereocenters.